The number of hydrogen-bond donors (Lipinski definition) is 0. The molecular formula is C15H23N3O. The van der Waals surface area contributed by atoms with Gasteiger partial charge in [-0.3, -0.25) is 0 Å². The summed E-state index contributed by atoms with van der Waals surface area (Å²) >= 11 is 0. The lowest BCUT2D eigenvalue weighted by Crippen LogP contribution is -2.27. The molecule has 0 unspecified atom stereocenters. The zero-order valence-electron chi connectivity index (χ0n) is 12.1. The fourth-order valence-electron chi connectivity index (χ4n) is 2.40. The van der Waals surface area contributed by atoms with Crippen molar-refractivity contribution in [3.8, 4) is 0 Å². The van der Waals surface area contributed by atoms with Crippen LogP contribution in [0.1, 0.15) is 19.7 Å². The van der Waals surface area contributed by atoms with Gasteiger partial charge in [0.15, 0.2) is 0 Å². The van der Waals surface area contributed by atoms with E-state index in [9.17, 15) is 0 Å². The second-order valence-corrected chi connectivity index (χ2v) is 4.63. The maximum absolute atomic E-state index is 5.26. The van der Waals surface area contributed by atoms with Crippen LogP contribution in [0.2, 0.25) is 0 Å². The van der Waals surface area contributed by atoms with Gasteiger partial charge in [0.2, 0.25) is 0 Å². The van der Waals surface area contributed by atoms with Crippen LogP contribution < -0.4 is 0 Å². The van der Waals surface area contributed by atoms with Crippen LogP contribution in [0, 0.1) is 0 Å². The molecule has 1 heterocycles. The van der Waals surface area contributed by atoms with Crippen LogP contribution in [0.15, 0.2) is 24.3 Å². The molecule has 1 aromatic heterocycles. The minimum atomic E-state index is 0.562. The number of fused-ring (bicyclic) bond motifs is 1. The molecule has 2 aromatic rings. The Balaban J connectivity index is 2.25. The highest BCUT2D eigenvalue weighted by atomic mass is 16.5. The van der Waals surface area contributed by atoms with Crippen molar-refractivity contribution >= 4 is 11.0 Å². The van der Waals surface area contributed by atoms with E-state index >= 15 is 0 Å². The smallest absolute Gasteiger partial charge is 0.136 e. The van der Waals surface area contributed by atoms with Gasteiger partial charge < -0.3 is 14.2 Å². The Hall–Kier alpha value is -1.39. The van der Waals surface area contributed by atoms with Crippen molar-refractivity contribution in [2.24, 2.45) is 0 Å². The number of ether oxygens (including phenoxy) is 1. The maximum atomic E-state index is 5.26. The first-order valence-electron chi connectivity index (χ1n) is 6.95. The fraction of sp³-hybridized carbons (Fsp3) is 0.533. The van der Waals surface area contributed by atoms with Crippen molar-refractivity contribution in [1.82, 2.24) is 14.5 Å². The molecule has 0 radical (unpaired) electrons. The predicted molar refractivity (Wildman–Crippen MR) is 78.2 cm³/mol. The summed E-state index contributed by atoms with van der Waals surface area (Å²) in [5.41, 5.74) is 2.25. The van der Waals surface area contributed by atoms with Gasteiger partial charge in [-0.25, -0.2) is 4.98 Å². The Morgan fingerprint density at radius 2 is 1.95 bits per heavy atom. The summed E-state index contributed by atoms with van der Waals surface area (Å²) in [5.74, 6) is 1.01. The first-order valence-corrected chi connectivity index (χ1v) is 6.95. The van der Waals surface area contributed by atoms with Crippen LogP contribution >= 0.6 is 0 Å². The van der Waals surface area contributed by atoms with Gasteiger partial charge in [-0.2, -0.15) is 0 Å². The zero-order valence-corrected chi connectivity index (χ0v) is 12.1. The second-order valence-electron chi connectivity index (χ2n) is 4.63. The van der Waals surface area contributed by atoms with Crippen LogP contribution in [-0.2, 0) is 17.9 Å². The molecule has 4 heteroatoms. The quantitative estimate of drug-likeness (QED) is 0.767. The van der Waals surface area contributed by atoms with E-state index in [1.165, 1.54) is 5.52 Å². The van der Waals surface area contributed by atoms with E-state index in [1.54, 1.807) is 7.11 Å². The topological polar surface area (TPSA) is 30.3 Å². The third kappa shape index (κ3) is 3.14. The second kappa shape index (κ2) is 6.68. The van der Waals surface area contributed by atoms with Crippen molar-refractivity contribution in [1.29, 1.82) is 0 Å². The summed E-state index contributed by atoms with van der Waals surface area (Å²) < 4.78 is 7.54. The van der Waals surface area contributed by atoms with E-state index in [2.05, 4.69) is 46.5 Å². The maximum Gasteiger partial charge on any atom is 0.136 e. The standard InChI is InChI=1S/C15H23N3O/c1-4-17(5-2)10-11-18-14-9-7-6-8-13(14)16-15(18)12-19-3/h6-9H,4-5,10-12H2,1-3H3. The van der Waals surface area contributed by atoms with E-state index in [1.807, 2.05) is 6.07 Å². The van der Waals surface area contributed by atoms with Gasteiger partial charge in [-0.15, -0.1) is 0 Å². The van der Waals surface area contributed by atoms with Gasteiger partial charge in [0.1, 0.15) is 12.4 Å². The van der Waals surface area contributed by atoms with Crippen molar-refractivity contribution in [3.63, 3.8) is 0 Å². The Morgan fingerprint density at radius 1 is 1.21 bits per heavy atom. The molecule has 19 heavy (non-hydrogen) atoms. The normalized spacial score (nSPS) is 11.6. The molecule has 0 fully saturated rings. The number of nitrogens with zero attached hydrogens (tertiary/aromatic N) is 3. The molecule has 0 aliphatic rings. The summed E-state index contributed by atoms with van der Waals surface area (Å²) in [6.45, 7) is 9.14. The van der Waals surface area contributed by atoms with Crippen LogP contribution in [0.3, 0.4) is 0 Å². The number of para-hydroxylation sites is 2. The predicted octanol–water partition coefficient (Wildman–Crippen LogP) is 2.52. The van der Waals surface area contributed by atoms with Crippen LogP contribution in [0.5, 0.6) is 0 Å². The van der Waals surface area contributed by atoms with Gasteiger partial charge in [-0.05, 0) is 25.2 Å². The number of rotatable bonds is 7. The van der Waals surface area contributed by atoms with E-state index in [0.717, 1.165) is 37.5 Å². The molecule has 0 aliphatic heterocycles. The molecule has 0 saturated heterocycles. The lowest BCUT2D eigenvalue weighted by atomic mass is 10.3. The van der Waals surface area contributed by atoms with Crippen molar-refractivity contribution in [2.45, 2.75) is 27.0 Å². The highest BCUT2D eigenvalue weighted by Gasteiger charge is 2.10. The number of benzene rings is 1. The monoisotopic (exact) mass is 261 g/mol. The minimum absolute atomic E-state index is 0.562. The number of hydrogen-bond acceptors (Lipinski definition) is 3. The summed E-state index contributed by atoms with van der Waals surface area (Å²) in [5, 5.41) is 0. The van der Waals surface area contributed by atoms with E-state index in [0.29, 0.717) is 6.61 Å². The molecule has 4 nitrogen and oxygen atoms in total. The highest BCUT2D eigenvalue weighted by Crippen LogP contribution is 2.16. The molecule has 1 aromatic carbocycles. The molecule has 0 N–H and O–H groups in total. The molecule has 0 aliphatic carbocycles. The van der Waals surface area contributed by atoms with Crippen molar-refractivity contribution in [3.05, 3.63) is 30.1 Å². The SMILES string of the molecule is CCN(CC)CCn1c(COC)nc2ccccc21. The third-order valence-corrected chi connectivity index (χ3v) is 3.54. The molecule has 0 amide bonds. The lowest BCUT2D eigenvalue weighted by molar-refractivity contribution is 0.173. The number of imidazole rings is 1. The van der Waals surface area contributed by atoms with Crippen LogP contribution in [0.4, 0.5) is 0 Å². The van der Waals surface area contributed by atoms with Crippen molar-refractivity contribution < 1.29 is 4.74 Å². The van der Waals surface area contributed by atoms with E-state index in [4.69, 9.17) is 4.74 Å². The summed E-state index contributed by atoms with van der Waals surface area (Å²) in [6, 6.07) is 8.28. The van der Waals surface area contributed by atoms with Gasteiger partial charge in [0.05, 0.1) is 11.0 Å². The molecular weight excluding hydrogens is 238 g/mol. The van der Waals surface area contributed by atoms with Gasteiger partial charge in [0, 0.05) is 20.2 Å². The lowest BCUT2D eigenvalue weighted by Gasteiger charge is -2.19. The Kier molecular flexibility index (Phi) is 4.93. The third-order valence-electron chi connectivity index (χ3n) is 3.54. The number of likely N-dealkylation sites (N-methyl/N-ethyl adjacent to an activating group) is 1. The van der Waals surface area contributed by atoms with Crippen LogP contribution in [0.25, 0.3) is 11.0 Å². The minimum Gasteiger partial charge on any atom is -0.377 e. The van der Waals surface area contributed by atoms with Crippen LogP contribution in [-0.4, -0.2) is 41.2 Å². The molecule has 0 bridgehead atoms. The average Bonchev–Trinajstić information content (AvgIpc) is 2.78. The summed E-state index contributed by atoms with van der Waals surface area (Å²) in [7, 11) is 1.72. The highest BCUT2D eigenvalue weighted by molar-refractivity contribution is 5.75. The average molecular weight is 261 g/mol. The van der Waals surface area contributed by atoms with Gasteiger partial charge >= 0.3 is 0 Å². The Bertz CT molecular complexity index is 517. The number of aromatic nitrogens is 2. The van der Waals surface area contributed by atoms with E-state index in [-0.39, 0.29) is 0 Å². The zero-order chi connectivity index (χ0) is 13.7. The largest absolute Gasteiger partial charge is 0.377 e. The number of methoxy groups -OCH3 is 1. The molecule has 0 atom stereocenters. The first-order chi connectivity index (χ1) is 9.30. The molecule has 0 spiro atoms. The van der Waals surface area contributed by atoms with Crippen molar-refractivity contribution in [2.75, 3.05) is 26.7 Å². The summed E-state index contributed by atoms with van der Waals surface area (Å²) in [4.78, 5) is 7.07. The molecule has 2 rings (SSSR count). The first kappa shape index (κ1) is 14.0. The fourth-order valence-corrected chi connectivity index (χ4v) is 2.40. The molecule has 104 valence electrons. The van der Waals surface area contributed by atoms with Gasteiger partial charge in [0.25, 0.3) is 0 Å². The Labute approximate surface area is 115 Å². The summed E-state index contributed by atoms with van der Waals surface area (Å²) in [6.07, 6.45) is 0. The molecule has 0 saturated carbocycles. The van der Waals surface area contributed by atoms with E-state index < -0.39 is 0 Å². The Morgan fingerprint density at radius 3 is 2.63 bits per heavy atom. The van der Waals surface area contributed by atoms with Gasteiger partial charge in [-0.1, -0.05) is 26.0 Å².